The molecule has 1 saturated heterocycles. The van der Waals surface area contributed by atoms with Gasteiger partial charge in [-0.05, 0) is 74.5 Å². The van der Waals surface area contributed by atoms with Gasteiger partial charge in [-0.3, -0.25) is 14.4 Å². The largest absolute Gasteiger partial charge is 0.481 e. The average molecular weight is 501 g/mol. The number of nitrogens with zero attached hydrogens (tertiary/aromatic N) is 3. The van der Waals surface area contributed by atoms with Gasteiger partial charge in [0, 0.05) is 25.6 Å². The molecule has 1 aromatic heterocycles. The van der Waals surface area contributed by atoms with E-state index in [1.54, 1.807) is 15.8 Å². The Labute approximate surface area is 212 Å². The number of carboxylic acids is 1. The molecule has 2 amide bonds. The number of carbonyl (C=O) groups is 3. The zero-order valence-corrected chi connectivity index (χ0v) is 21.5. The molecule has 0 radical (unpaired) electrons. The molecule has 0 spiro atoms. The zero-order valence-electron chi connectivity index (χ0n) is 21.5. The van der Waals surface area contributed by atoms with Crippen molar-refractivity contribution in [3.8, 4) is 5.88 Å². The van der Waals surface area contributed by atoms with Gasteiger partial charge in [0.05, 0.1) is 25.3 Å². The maximum atomic E-state index is 13.4. The smallest absolute Gasteiger partial charge is 0.306 e. The number of carboxylic acid groups (broad SMARTS) is 1. The summed E-state index contributed by atoms with van der Waals surface area (Å²) in [7, 11) is 0. The first-order valence-electron chi connectivity index (χ1n) is 13.8. The number of aryl methyl sites for hydroxylation is 1. The van der Waals surface area contributed by atoms with E-state index in [0.29, 0.717) is 62.4 Å². The zero-order chi connectivity index (χ0) is 25.4. The van der Waals surface area contributed by atoms with E-state index < -0.39 is 5.97 Å². The van der Waals surface area contributed by atoms with Gasteiger partial charge in [0.1, 0.15) is 5.56 Å². The molecule has 4 bridgehead atoms. The first kappa shape index (κ1) is 25.1. The molecule has 9 nitrogen and oxygen atoms in total. The Morgan fingerprint density at radius 1 is 1.08 bits per heavy atom. The summed E-state index contributed by atoms with van der Waals surface area (Å²) >= 11 is 0. The number of ether oxygens (including phenoxy) is 1. The van der Waals surface area contributed by atoms with Crippen LogP contribution in [0.2, 0.25) is 0 Å². The Balaban J connectivity index is 1.23. The molecule has 2 heterocycles. The van der Waals surface area contributed by atoms with Crippen molar-refractivity contribution in [2.24, 2.45) is 35.5 Å². The summed E-state index contributed by atoms with van der Waals surface area (Å²) in [6.45, 7) is 5.81. The number of aromatic nitrogens is 2. The lowest BCUT2D eigenvalue weighted by atomic mass is 9.54. The molecule has 0 aromatic carbocycles. The summed E-state index contributed by atoms with van der Waals surface area (Å²) in [6.07, 6.45) is 9.10. The second-order valence-electron chi connectivity index (χ2n) is 12.0. The second kappa shape index (κ2) is 10.4. The summed E-state index contributed by atoms with van der Waals surface area (Å²) < 4.78 is 7.70. The lowest BCUT2D eigenvalue weighted by molar-refractivity contribution is -0.145. The molecule has 6 rings (SSSR count). The number of carbonyl (C=O) groups excluding carboxylic acids is 2. The fourth-order valence-electron chi connectivity index (χ4n) is 7.21. The van der Waals surface area contributed by atoms with E-state index in [2.05, 4.69) is 24.3 Å². The number of rotatable bonds is 9. The molecular weight excluding hydrogens is 460 g/mol. The van der Waals surface area contributed by atoms with Gasteiger partial charge in [-0.25, -0.2) is 4.68 Å². The van der Waals surface area contributed by atoms with Crippen molar-refractivity contribution in [3.63, 3.8) is 0 Å². The van der Waals surface area contributed by atoms with Crippen molar-refractivity contribution < 1.29 is 24.2 Å². The molecular formula is C27H40N4O5. The van der Waals surface area contributed by atoms with Crippen LogP contribution in [-0.4, -0.2) is 63.3 Å². The Bertz CT molecular complexity index is 953. The molecule has 0 atom stereocenters. The molecule has 9 heteroatoms. The van der Waals surface area contributed by atoms with E-state index in [4.69, 9.17) is 4.74 Å². The van der Waals surface area contributed by atoms with Crippen LogP contribution in [0.5, 0.6) is 5.88 Å². The number of piperidine rings is 1. The number of nitrogens with one attached hydrogen (secondary N) is 1. The highest BCUT2D eigenvalue weighted by atomic mass is 16.5. The number of hydrogen-bond donors (Lipinski definition) is 2. The molecule has 4 aliphatic carbocycles. The molecule has 0 unspecified atom stereocenters. The van der Waals surface area contributed by atoms with Crippen LogP contribution in [0.1, 0.15) is 75.6 Å². The van der Waals surface area contributed by atoms with E-state index >= 15 is 0 Å². The fourth-order valence-corrected chi connectivity index (χ4v) is 7.21. The highest BCUT2D eigenvalue weighted by molar-refractivity contribution is 5.96. The van der Waals surface area contributed by atoms with Crippen LogP contribution in [-0.2, 0) is 16.1 Å². The van der Waals surface area contributed by atoms with Crippen LogP contribution < -0.4 is 10.1 Å². The van der Waals surface area contributed by atoms with Crippen LogP contribution in [0.25, 0.3) is 0 Å². The van der Waals surface area contributed by atoms with Crippen LogP contribution in [0.15, 0.2) is 6.20 Å². The predicted octanol–water partition coefficient (Wildman–Crippen LogP) is 3.19. The summed E-state index contributed by atoms with van der Waals surface area (Å²) in [4.78, 5) is 39.1. The minimum atomic E-state index is -0.787. The van der Waals surface area contributed by atoms with Crippen molar-refractivity contribution in [2.45, 2.75) is 77.8 Å². The monoisotopic (exact) mass is 500 g/mol. The van der Waals surface area contributed by atoms with Crippen LogP contribution in [0, 0.1) is 35.5 Å². The average Bonchev–Trinajstić information content (AvgIpc) is 3.25. The van der Waals surface area contributed by atoms with Gasteiger partial charge in [0.25, 0.3) is 5.91 Å². The summed E-state index contributed by atoms with van der Waals surface area (Å²) in [5, 5.41) is 17.0. The Kier molecular flexibility index (Phi) is 7.26. The third-order valence-electron chi connectivity index (χ3n) is 8.85. The van der Waals surface area contributed by atoms with Gasteiger partial charge < -0.3 is 20.1 Å². The van der Waals surface area contributed by atoms with Crippen LogP contribution in [0.3, 0.4) is 0 Å². The van der Waals surface area contributed by atoms with E-state index in [1.807, 2.05) is 0 Å². The van der Waals surface area contributed by atoms with Crippen LogP contribution >= 0.6 is 0 Å². The summed E-state index contributed by atoms with van der Waals surface area (Å²) in [5.41, 5.74) is 0.444. The second-order valence-corrected chi connectivity index (χ2v) is 12.0. The van der Waals surface area contributed by atoms with Crippen molar-refractivity contribution >= 4 is 17.8 Å². The molecule has 198 valence electrons. The minimum absolute atomic E-state index is 0.0243. The van der Waals surface area contributed by atoms with Crippen molar-refractivity contribution in [1.82, 2.24) is 20.0 Å². The molecule has 1 aromatic rings. The van der Waals surface area contributed by atoms with Gasteiger partial charge in [-0.2, -0.15) is 5.10 Å². The normalized spacial score (nSPS) is 29.5. The maximum absolute atomic E-state index is 13.4. The molecule has 36 heavy (non-hydrogen) atoms. The highest BCUT2D eigenvalue weighted by Gasteiger charge is 2.48. The quantitative estimate of drug-likeness (QED) is 0.538. The fraction of sp³-hybridized carbons (Fsp3) is 0.778. The third-order valence-corrected chi connectivity index (χ3v) is 8.85. The number of likely N-dealkylation sites (tertiary alicyclic amines) is 1. The SMILES string of the molecule is CC(C)COc1c(C(=O)NC2C3CC4CC(C3)CC2C4)cnn1CCC(=O)N1CCC(C(=O)O)CC1. The van der Waals surface area contributed by atoms with Gasteiger partial charge in [-0.1, -0.05) is 13.8 Å². The number of aliphatic carboxylic acids is 1. The van der Waals surface area contributed by atoms with Crippen molar-refractivity contribution in [3.05, 3.63) is 11.8 Å². The van der Waals surface area contributed by atoms with Gasteiger partial charge in [0.15, 0.2) is 0 Å². The third kappa shape index (κ3) is 5.25. The summed E-state index contributed by atoms with van der Waals surface area (Å²) in [6, 6.07) is 0.238. The highest BCUT2D eigenvalue weighted by Crippen LogP contribution is 2.53. The van der Waals surface area contributed by atoms with Crippen LogP contribution in [0.4, 0.5) is 0 Å². The topological polar surface area (TPSA) is 114 Å². The predicted molar refractivity (Wildman–Crippen MR) is 132 cm³/mol. The first-order chi connectivity index (χ1) is 17.3. The van der Waals surface area contributed by atoms with Gasteiger partial charge >= 0.3 is 5.97 Å². The first-order valence-corrected chi connectivity index (χ1v) is 13.8. The lowest BCUT2D eigenvalue weighted by Crippen LogP contribution is -2.55. The Morgan fingerprint density at radius 3 is 2.31 bits per heavy atom. The van der Waals surface area contributed by atoms with Crippen molar-refractivity contribution in [1.29, 1.82) is 0 Å². The minimum Gasteiger partial charge on any atom is -0.481 e. The number of hydrogen-bond acceptors (Lipinski definition) is 5. The van der Waals surface area contributed by atoms with Gasteiger partial charge in [0.2, 0.25) is 11.8 Å². The van der Waals surface area contributed by atoms with E-state index in [9.17, 15) is 19.5 Å². The Hall–Kier alpha value is -2.58. The van der Waals surface area contributed by atoms with E-state index in [0.717, 1.165) is 11.8 Å². The van der Waals surface area contributed by atoms with Gasteiger partial charge in [-0.15, -0.1) is 0 Å². The standard InChI is InChI=1S/C27H40N4O5/c1-16(2)15-36-26-22(25(33)29-24-20-10-17-9-18(12-20)13-21(24)11-17)14-28-31(26)8-5-23(32)30-6-3-19(4-7-30)27(34)35/h14,16-21,24H,3-13,15H2,1-2H3,(H,29,33)(H,34,35). The molecule has 5 aliphatic rings. The molecule has 5 fully saturated rings. The number of amides is 2. The molecule has 1 aliphatic heterocycles. The summed E-state index contributed by atoms with van der Waals surface area (Å²) in [5.74, 6) is 2.28. The maximum Gasteiger partial charge on any atom is 0.306 e. The molecule has 4 saturated carbocycles. The molecule has 2 N–H and O–H groups in total. The Morgan fingerprint density at radius 2 is 1.72 bits per heavy atom. The van der Waals surface area contributed by atoms with E-state index in [-0.39, 0.29) is 36.1 Å². The van der Waals surface area contributed by atoms with E-state index in [1.165, 1.54) is 32.1 Å². The lowest BCUT2D eigenvalue weighted by Gasteiger charge is -2.54. The van der Waals surface area contributed by atoms with Crippen molar-refractivity contribution in [2.75, 3.05) is 19.7 Å².